The van der Waals surface area contributed by atoms with E-state index in [4.69, 9.17) is 30.4 Å². The fourth-order valence-corrected chi connectivity index (χ4v) is 3.58. The van der Waals surface area contributed by atoms with Gasteiger partial charge in [0.15, 0.2) is 0 Å². The van der Waals surface area contributed by atoms with Crippen LogP contribution in [0, 0.1) is 0 Å². The molecule has 0 heterocycles. The molecular weight excluding hydrogens is 579 g/mol. The number of hydrogen-bond donors (Lipinski definition) is 2. The van der Waals surface area contributed by atoms with Crippen molar-refractivity contribution in [2.24, 2.45) is 0 Å². The van der Waals surface area contributed by atoms with Gasteiger partial charge in [-0.15, -0.1) is 0 Å². The molecule has 8 nitrogen and oxygen atoms in total. The van der Waals surface area contributed by atoms with E-state index in [0.717, 1.165) is 18.2 Å². The van der Waals surface area contributed by atoms with E-state index in [1.54, 1.807) is 0 Å². The van der Waals surface area contributed by atoms with Gasteiger partial charge in [-0.3, -0.25) is 0 Å². The standard InChI is InChI=1S/C30H29F5N2O6/c31-29(32,33)13-1-2-14-40-25-10-6-22(7-11-25)30(34,35)43-26-8-3-20(4-9-26)5-12-27(38)41-15-16-42-28(39)21-17-23(36)19-24(37)18-21/h3-12,17-19H,1-2,13-16,36-37H2/b12-5+. The van der Waals surface area contributed by atoms with Crippen molar-refractivity contribution in [1.29, 1.82) is 0 Å². The highest BCUT2D eigenvalue weighted by Gasteiger charge is 2.34. The van der Waals surface area contributed by atoms with Crippen LogP contribution in [0.5, 0.6) is 11.5 Å². The van der Waals surface area contributed by atoms with Crippen molar-refractivity contribution in [1.82, 2.24) is 0 Å². The molecule has 3 aromatic rings. The molecule has 0 aromatic heterocycles. The SMILES string of the molecule is Nc1cc(N)cc(C(=O)OCCOC(=O)/C=C/c2ccc(OC(F)(F)c3ccc(OCCCCC(F)(F)F)cc3)cc2)c1. The maximum Gasteiger partial charge on any atom is 0.426 e. The average molecular weight is 609 g/mol. The van der Waals surface area contributed by atoms with Gasteiger partial charge in [0.2, 0.25) is 0 Å². The summed E-state index contributed by atoms with van der Waals surface area (Å²) >= 11 is 0. The summed E-state index contributed by atoms with van der Waals surface area (Å²) in [4.78, 5) is 23.9. The van der Waals surface area contributed by atoms with Crippen LogP contribution in [0.4, 0.5) is 33.3 Å². The molecule has 230 valence electrons. The Labute approximate surface area is 244 Å². The minimum Gasteiger partial charge on any atom is -0.494 e. The number of rotatable bonds is 14. The van der Waals surface area contributed by atoms with Gasteiger partial charge in [-0.1, -0.05) is 12.1 Å². The van der Waals surface area contributed by atoms with Crippen molar-refractivity contribution in [3.05, 3.63) is 89.5 Å². The number of anilines is 2. The van der Waals surface area contributed by atoms with E-state index in [1.165, 1.54) is 60.7 Å². The molecule has 0 aliphatic heterocycles. The van der Waals surface area contributed by atoms with E-state index in [0.29, 0.717) is 16.9 Å². The summed E-state index contributed by atoms with van der Waals surface area (Å²) in [6.45, 7) is -0.379. The van der Waals surface area contributed by atoms with Crippen LogP contribution in [0.25, 0.3) is 6.08 Å². The Morgan fingerprint density at radius 3 is 1.98 bits per heavy atom. The van der Waals surface area contributed by atoms with Gasteiger partial charge in [0, 0.05) is 23.9 Å². The van der Waals surface area contributed by atoms with Gasteiger partial charge in [-0.25, -0.2) is 9.59 Å². The number of unbranched alkanes of at least 4 members (excludes halogenated alkanes) is 1. The summed E-state index contributed by atoms with van der Waals surface area (Å²) in [6, 6.07) is 14.5. The van der Waals surface area contributed by atoms with Gasteiger partial charge in [0.05, 0.1) is 17.7 Å². The molecular formula is C30H29F5N2O6. The number of carbonyl (C=O) groups is 2. The average Bonchev–Trinajstić information content (AvgIpc) is 2.93. The third-order valence-corrected chi connectivity index (χ3v) is 5.63. The molecule has 0 aliphatic carbocycles. The molecule has 0 saturated heterocycles. The van der Waals surface area contributed by atoms with Crippen molar-refractivity contribution < 1.29 is 50.5 Å². The van der Waals surface area contributed by atoms with E-state index in [2.05, 4.69) is 0 Å². The number of alkyl halides is 5. The molecule has 43 heavy (non-hydrogen) atoms. The summed E-state index contributed by atoms with van der Waals surface area (Å²) in [5.41, 5.74) is 12.1. The second kappa shape index (κ2) is 14.9. The number of benzene rings is 3. The lowest BCUT2D eigenvalue weighted by atomic mass is 10.2. The maximum absolute atomic E-state index is 14.6. The highest BCUT2D eigenvalue weighted by atomic mass is 19.4. The second-order valence-corrected chi connectivity index (χ2v) is 9.16. The van der Waals surface area contributed by atoms with Crippen LogP contribution >= 0.6 is 0 Å². The van der Waals surface area contributed by atoms with Gasteiger partial charge < -0.3 is 30.4 Å². The zero-order valence-corrected chi connectivity index (χ0v) is 22.7. The highest BCUT2D eigenvalue weighted by molar-refractivity contribution is 5.91. The Morgan fingerprint density at radius 1 is 0.744 bits per heavy atom. The molecule has 3 rings (SSSR count). The molecule has 0 atom stereocenters. The molecule has 0 fully saturated rings. The molecule has 13 heteroatoms. The fourth-order valence-electron chi connectivity index (χ4n) is 3.58. The number of ether oxygens (including phenoxy) is 4. The van der Waals surface area contributed by atoms with Gasteiger partial charge in [0.25, 0.3) is 0 Å². The normalized spacial score (nSPS) is 11.7. The van der Waals surface area contributed by atoms with Crippen LogP contribution in [0.3, 0.4) is 0 Å². The van der Waals surface area contributed by atoms with E-state index in [9.17, 15) is 31.5 Å². The van der Waals surface area contributed by atoms with Crippen LogP contribution in [0.1, 0.15) is 40.7 Å². The first-order valence-corrected chi connectivity index (χ1v) is 13.0. The number of nitrogen functional groups attached to an aromatic ring is 2. The first-order chi connectivity index (χ1) is 20.3. The number of hydrogen-bond acceptors (Lipinski definition) is 8. The van der Waals surface area contributed by atoms with Crippen LogP contribution in [0.15, 0.2) is 72.8 Å². The van der Waals surface area contributed by atoms with Crippen molar-refractivity contribution in [3.63, 3.8) is 0 Å². The first kappa shape index (κ1) is 32.7. The summed E-state index contributed by atoms with van der Waals surface area (Å²) in [5, 5.41) is 0. The lowest BCUT2D eigenvalue weighted by Crippen LogP contribution is -2.21. The highest BCUT2D eigenvalue weighted by Crippen LogP contribution is 2.33. The third-order valence-electron chi connectivity index (χ3n) is 5.63. The minimum absolute atomic E-state index is 0.0253. The Balaban J connectivity index is 1.40. The zero-order chi connectivity index (χ0) is 31.5. The summed E-state index contributed by atoms with van der Waals surface area (Å²) in [5.74, 6) is -1.30. The Hall–Kier alpha value is -4.81. The van der Waals surface area contributed by atoms with Gasteiger partial charge in [-0.2, -0.15) is 22.0 Å². The predicted molar refractivity (Wildman–Crippen MR) is 148 cm³/mol. The number of nitrogens with two attached hydrogens (primary N) is 2. The van der Waals surface area contributed by atoms with Crippen molar-refractivity contribution in [2.75, 3.05) is 31.3 Å². The summed E-state index contributed by atoms with van der Waals surface area (Å²) in [7, 11) is 0. The fraction of sp³-hybridized carbons (Fsp3) is 0.267. The van der Waals surface area contributed by atoms with E-state index in [-0.39, 0.29) is 49.7 Å². The molecule has 3 aromatic carbocycles. The van der Waals surface area contributed by atoms with Crippen molar-refractivity contribution in [2.45, 2.75) is 31.5 Å². The van der Waals surface area contributed by atoms with Crippen molar-refractivity contribution in [3.8, 4) is 11.5 Å². The lowest BCUT2D eigenvalue weighted by molar-refractivity contribution is -0.185. The second-order valence-electron chi connectivity index (χ2n) is 9.16. The number of carbonyl (C=O) groups excluding carboxylic acids is 2. The molecule has 0 amide bonds. The van der Waals surface area contributed by atoms with E-state index >= 15 is 0 Å². The van der Waals surface area contributed by atoms with Crippen LogP contribution in [-0.2, 0) is 20.4 Å². The lowest BCUT2D eigenvalue weighted by Gasteiger charge is -2.18. The van der Waals surface area contributed by atoms with Gasteiger partial charge >= 0.3 is 24.2 Å². The number of halogens is 5. The molecule has 0 spiro atoms. The Kier molecular flexibility index (Phi) is 11.3. The van der Waals surface area contributed by atoms with E-state index in [1.807, 2.05) is 0 Å². The largest absolute Gasteiger partial charge is 0.494 e. The van der Waals surface area contributed by atoms with E-state index < -0.39 is 36.2 Å². The first-order valence-electron chi connectivity index (χ1n) is 13.0. The molecule has 4 N–H and O–H groups in total. The monoisotopic (exact) mass is 608 g/mol. The minimum atomic E-state index is -4.23. The third kappa shape index (κ3) is 11.5. The maximum atomic E-state index is 14.6. The molecule has 0 bridgehead atoms. The topological polar surface area (TPSA) is 123 Å². The molecule has 0 unspecified atom stereocenters. The quantitative estimate of drug-likeness (QED) is 0.0699. The van der Waals surface area contributed by atoms with Gasteiger partial charge in [0.1, 0.15) is 24.7 Å². The molecule has 0 saturated carbocycles. The summed E-state index contributed by atoms with van der Waals surface area (Å²) < 4.78 is 85.9. The van der Waals surface area contributed by atoms with Crippen LogP contribution < -0.4 is 20.9 Å². The smallest absolute Gasteiger partial charge is 0.426 e. The zero-order valence-electron chi connectivity index (χ0n) is 22.7. The van der Waals surface area contributed by atoms with Crippen LogP contribution in [-0.4, -0.2) is 37.9 Å². The number of esters is 2. The molecule has 0 radical (unpaired) electrons. The Morgan fingerprint density at radius 2 is 1.35 bits per heavy atom. The Bertz CT molecular complexity index is 1370. The van der Waals surface area contributed by atoms with Crippen molar-refractivity contribution >= 4 is 29.4 Å². The van der Waals surface area contributed by atoms with Crippen LogP contribution in [0.2, 0.25) is 0 Å². The summed E-state index contributed by atoms with van der Waals surface area (Å²) in [6.07, 6.45) is -6.23. The van der Waals surface area contributed by atoms with Gasteiger partial charge in [-0.05, 0) is 79.1 Å². The predicted octanol–water partition coefficient (Wildman–Crippen LogP) is 6.50. The molecule has 0 aliphatic rings.